The first kappa shape index (κ1) is 22.9. The molecule has 2 heterocycles. The van der Waals surface area contributed by atoms with Gasteiger partial charge in [-0.3, -0.25) is 4.98 Å². The molecule has 1 unspecified atom stereocenters. The van der Waals surface area contributed by atoms with Crippen molar-refractivity contribution in [3.8, 4) is 17.1 Å². The topological polar surface area (TPSA) is 61.6 Å². The zero-order valence-electron chi connectivity index (χ0n) is 18.7. The Bertz CT molecular complexity index is 1110. The van der Waals surface area contributed by atoms with E-state index in [0.717, 1.165) is 34.4 Å². The number of hydrogen-bond donors (Lipinski definition) is 1. The third-order valence-electron chi connectivity index (χ3n) is 4.79. The molecule has 0 fully saturated rings. The second-order valence-electron chi connectivity index (χ2n) is 8.54. The Morgan fingerprint density at radius 3 is 2.65 bits per heavy atom. The van der Waals surface area contributed by atoms with Gasteiger partial charge in [-0.1, -0.05) is 13.5 Å². The summed E-state index contributed by atoms with van der Waals surface area (Å²) in [6, 6.07) is 11.6. The Morgan fingerprint density at radius 1 is 1.23 bits per heavy atom. The number of nitrogens with zero attached hydrogens (tertiary/aromatic N) is 1. The van der Waals surface area contributed by atoms with Crippen LogP contribution in [0.3, 0.4) is 0 Å². The van der Waals surface area contributed by atoms with Crippen molar-refractivity contribution in [2.45, 2.75) is 58.0 Å². The van der Waals surface area contributed by atoms with Gasteiger partial charge in [0, 0.05) is 35.2 Å². The second kappa shape index (κ2) is 8.79. The third kappa shape index (κ3) is 5.70. The molecule has 2 aromatic heterocycles. The van der Waals surface area contributed by atoms with Gasteiger partial charge in [0.15, 0.2) is 4.93 Å². The van der Waals surface area contributed by atoms with E-state index < -0.39 is 16.5 Å². The molecule has 0 spiro atoms. The van der Waals surface area contributed by atoms with Crippen LogP contribution in [0.2, 0.25) is 0 Å². The Morgan fingerprint density at radius 2 is 1.97 bits per heavy atom. The Labute approximate surface area is 188 Å². The van der Waals surface area contributed by atoms with Crippen LogP contribution < -0.4 is 4.74 Å². The summed E-state index contributed by atoms with van der Waals surface area (Å²) in [7, 11) is 0. The van der Waals surface area contributed by atoms with Gasteiger partial charge in [0.05, 0.1) is 5.69 Å². The van der Waals surface area contributed by atoms with Crippen molar-refractivity contribution in [1.82, 2.24) is 4.98 Å². The number of carbonyl (C=O) groups is 1. The van der Waals surface area contributed by atoms with Crippen molar-refractivity contribution >= 4 is 29.6 Å². The van der Waals surface area contributed by atoms with Crippen molar-refractivity contribution in [2.75, 3.05) is 0 Å². The van der Waals surface area contributed by atoms with Crippen LogP contribution >= 0.6 is 12.6 Å². The Hall–Kier alpha value is -2.73. The maximum atomic E-state index is 11.9. The van der Waals surface area contributed by atoms with Gasteiger partial charge in [0.2, 0.25) is 0 Å². The van der Waals surface area contributed by atoms with Crippen molar-refractivity contribution in [3.63, 3.8) is 0 Å². The highest BCUT2D eigenvalue weighted by molar-refractivity contribution is 7.81. The van der Waals surface area contributed by atoms with Gasteiger partial charge in [0.1, 0.15) is 22.7 Å². The highest BCUT2D eigenvalue weighted by atomic mass is 32.1. The number of aryl methyl sites for hydroxylation is 1. The minimum absolute atomic E-state index is 0.355. The molecule has 6 heteroatoms. The van der Waals surface area contributed by atoms with Crippen LogP contribution in [0, 0.1) is 0 Å². The molecule has 0 bridgehead atoms. The van der Waals surface area contributed by atoms with Crippen LogP contribution in [0.5, 0.6) is 5.75 Å². The number of hydrogen-bond acceptors (Lipinski definition) is 6. The fraction of sp³-hybridized carbons (Fsp3) is 0.360. The minimum atomic E-state index is -0.874. The molecule has 1 aromatic carbocycles. The number of fused-ring (bicyclic) bond motifs is 1. The van der Waals surface area contributed by atoms with Crippen LogP contribution in [0.15, 0.2) is 59.2 Å². The molecule has 0 N–H and O–H groups in total. The molecule has 0 aliphatic heterocycles. The monoisotopic (exact) mass is 439 g/mol. The maximum absolute atomic E-state index is 11.9. The van der Waals surface area contributed by atoms with Gasteiger partial charge in [0.25, 0.3) is 0 Å². The molecule has 31 heavy (non-hydrogen) atoms. The van der Waals surface area contributed by atoms with Gasteiger partial charge in [-0.2, -0.15) is 0 Å². The SMILES string of the molecule is C=C(C)C(=O)OC(C)(C)CC(C)(S)Oc1ccc2cc(-c3cccnc3CC)oc2c1. The van der Waals surface area contributed by atoms with Crippen LogP contribution in [0.1, 0.15) is 46.7 Å². The van der Waals surface area contributed by atoms with Crippen molar-refractivity contribution in [2.24, 2.45) is 0 Å². The van der Waals surface area contributed by atoms with E-state index in [2.05, 4.69) is 31.1 Å². The smallest absolute Gasteiger partial charge is 0.333 e. The first-order valence-electron chi connectivity index (χ1n) is 10.3. The zero-order chi connectivity index (χ0) is 22.8. The summed E-state index contributed by atoms with van der Waals surface area (Å²) in [6.45, 7) is 12.8. The lowest BCUT2D eigenvalue weighted by Gasteiger charge is -2.34. The standard InChI is InChI=1S/C25H29NO4S/c1-7-20-19(9-8-12-26-20)22-13-17-10-11-18(14-21(17)28-22)29-25(6,31)15-24(4,5)30-23(27)16(2)3/h8-14,31H,2,7,15H2,1,3-6H3. The molecule has 5 nitrogen and oxygen atoms in total. The molecule has 0 amide bonds. The number of rotatable bonds is 8. The number of pyridine rings is 1. The molecule has 0 aliphatic rings. The quantitative estimate of drug-likeness (QED) is 0.191. The second-order valence-corrected chi connectivity index (χ2v) is 9.49. The van der Waals surface area contributed by atoms with E-state index in [1.54, 1.807) is 13.1 Å². The molecule has 0 aliphatic carbocycles. The van der Waals surface area contributed by atoms with Gasteiger partial charge in [-0.15, -0.1) is 12.6 Å². The number of esters is 1. The van der Waals surface area contributed by atoms with Gasteiger partial charge in [-0.25, -0.2) is 4.79 Å². The number of benzene rings is 1. The number of carbonyl (C=O) groups excluding carboxylic acids is 1. The normalized spacial score (nSPS) is 13.6. The molecule has 0 saturated heterocycles. The predicted octanol–water partition coefficient (Wildman–Crippen LogP) is 6.37. The maximum Gasteiger partial charge on any atom is 0.333 e. The van der Waals surface area contributed by atoms with E-state index >= 15 is 0 Å². The fourth-order valence-corrected chi connectivity index (χ4v) is 4.09. The van der Waals surface area contributed by atoms with Crippen molar-refractivity contribution < 1.29 is 18.7 Å². The average molecular weight is 440 g/mol. The molecule has 3 aromatic rings. The van der Waals surface area contributed by atoms with Crippen LogP contribution in [-0.4, -0.2) is 21.5 Å². The highest BCUT2D eigenvalue weighted by Gasteiger charge is 2.34. The van der Waals surface area contributed by atoms with Crippen LogP contribution in [-0.2, 0) is 16.0 Å². The number of furan rings is 1. The summed E-state index contributed by atoms with van der Waals surface area (Å²) in [5.74, 6) is 0.967. The molecule has 0 saturated carbocycles. The van der Waals surface area contributed by atoms with Gasteiger partial charge < -0.3 is 13.9 Å². The Balaban J connectivity index is 1.80. The molecule has 0 radical (unpaired) electrons. The largest absolute Gasteiger partial charge is 0.477 e. The van der Waals surface area contributed by atoms with Gasteiger partial charge in [-0.05, 0) is 64.4 Å². The highest BCUT2D eigenvalue weighted by Crippen LogP contribution is 2.35. The predicted molar refractivity (Wildman–Crippen MR) is 126 cm³/mol. The van der Waals surface area contributed by atoms with E-state index in [0.29, 0.717) is 17.7 Å². The first-order chi connectivity index (χ1) is 14.5. The fourth-order valence-electron chi connectivity index (χ4n) is 3.61. The summed E-state index contributed by atoms with van der Waals surface area (Å²) in [6.07, 6.45) is 2.99. The van der Waals surface area contributed by atoms with E-state index in [1.165, 1.54) is 0 Å². The van der Waals surface area contributed by atoms with E-state index in [9.17, 15) is 4.79 Å². The molecule has 3 rings (SSSR count). The summed E-state index contributed by atoms with van der Waals surface area (Å²) >= 11 is 4.67. The number of aromatic nitrogens is 1. The van der Waals surface area contributed by atoms with E-state index in [1.807, 2.05) is 57.2 Å². The van der Waals surface area contributed by atoms with Crippen molar-refractivity contribution in [1.29, 1.82) is 0 Å². The summed E-state index contributed by atoms with van der Waals surface area (Å²) in [5, 5.41) is 0.977. The van der Waals surface area contributed by atoms with Crippen molar-refractivity contribution in [3.05, 3.63) is 60.4 Å². The first-order valence-corrected chi connectivity index (χ1v) is 10.7. The molecule has 164 valence electrons. The summed E-state index contributed by atoms with van der Waals surface area (Å²) in [4.78, 5) is 15.5. The molecule has 1 atom stereocenters. The lowest BCUT2D eigenvalue weighted by molar-refractivity contribution is -0.153. The zero-order valence-corrected chi connectivity index (χ0v) is 19.6. The average Bonchev–Trinajstić information content (AvgIpc) is 3.09. The summed E-state index contributed by atoms with van der Waals surface area (Å²) < 4.78 is 17.8. The van der Waals surface area contributed by atoms with E-state index in [4.69, 9.17) is 13.9 Å². The van der Waals surface area contributed by atoms with Gasteiger partial charge >= 0.3 is 5.97 Å². The number of ether oxygens (including phenoxy) is 2. The minimum Gasteiger partial charge on any atom is -0.477 e. The summed E-state index contributed by atoms with van der Waals surface area (Å²) in [5.41, 5.74) is 2.28. The third-order valence-corrected chi connectivity index (χ3v) is 5.04. The Kier molecular flexibility index (Phi) is 6.51. The lowest BCUT2D eigenvalue weighted by Crippen LogP contribution is -2.39. The lowest BCUT2D eigenvalue weighted by atomic mass is 10.0. The van der Waals surface area contributed by atoms with Crippen LogP contribution in [0.4, 0.5) is 0 Å². The van der Waals surface area contributed by atoms with E-state index in [-0.39, 0.29) is 0 Å². The van der Waals surface area contributed by atoms with Crippen LogP contribution in [0.25, 0.3) is 22.3 Å². The molecular weight excluding hydrogens is 410 g/mol. The molecular formula is C25H29NO4S. The number of thiol groups is 1.